The fraction of sp³-hybridized carbons (Fsp3) is 0.136. The number of fused-ring (bicyclic) bond motifs is 2. The molecule has 0 aliphatic heterocycles. The molecule has 5 rings (SSSR count). The molecule has 0 saturated carbocycles. The highest BCUT2D eigenvalue weighted by Gasteiger charge is 2.20. The average molecular weight is 385 g/mol. The monoisotopic (exact) mass is 385 g/mol. The third-order valence-corrected chi connectivity index (χ3v) is 5.20. The molecule has 0 spiro atoms. The summed E-state index contributed by atoms with van der Waals surface area (Å²) in [6, 6.07) is 13.9. The molecule has 0 atom stereocenters. The molecule has 29 heavy (non-hydrogen) atoms. The van der Waals surface area contributed by atoms with Gasteiger partial charge in [-0.25, -0.2) is 4.98 Å². The van der Waals surface area contributed by atoms with Crippen molar-refractivity contribution in [1.29, 1.82) is 0 Å². The van der Waals surface area contributed by atoms with Crippen molar-refractivity contribution in [2.75, 3.05) is 12.4 Å². The molecule has 144 valence electrons. The second kappa shape index (κ2) is 6.94. The Balaban J connectivity index is 1.61. The van der Waals surface area contributed by atoms with Crippen LogP contribution in [-0.4, -0.2) is 32.4 Å². The predicted octanol–water partition coefficient (Wildman–Crippen LogP) is 4.27. The number of rotatable bonds is 4. The molecule has 1 aliphatic carbocycles. The van der Waals surface area contributed by atoms with Crippen LogP contribution in [0.4, 0.5) is 11.5 Å². The maximum atomic E-state index is 9.16. The van der Waals surface area contributed by atoms with E-state index >= 15 is 0 Å². The van der Waals surface area contributed by atoms with E-state index in [9.17, 15) is 0 Å². The van der Waals surface area contributed by atoms with Gasteiger partial charge in [0, 0.05) is 29.2 Å². The Morgan fingerprint density at radius 1 is 1.17 bits per heavy atom. The van der Waals surface area contributed by atoms with E-state index in [0.29, 0.717) is 0 Å². The van der Waals surface area contributed by atoms with Gasteiger partial charge in [-0.05, 0) is 42.7 Å². The second-order valence-corrected chi connectivity index (χ2v) is 6.89. The second-order valence-electron chi connectivity index (χ2n) is 6.89. The molecule has 4 aromatic rings. The number of nitrogens with one attached hydrogen (secondary N) is 1. The quantitative estimate of drug-likeness (QED) is 0.405. The van der Waals surface area contributed by atoms with E-state index < -0.39 is 0 Å². The molecule has 2 N–H and O–H groups in total. The highest BCUT2D eigenvalue weighted by molar-refractivity contribution is 6.04. The summed E-state index contributed by atoms with van der Waals surface area (Å²) in [6.07, 6.45) is 6.98. The van der Waals surface area contributed by atoms with Gasteiger partial charge in [0.25, 0.3) is 0 Å². The maximum absolute atomic E-state index is 9.16. The molecule has 7 nitrogen and oxygen atoms in total. The van der Waals surface area contributed by atoms with Crippen molar-refractivity contribution >= 4 is 22.9 Å². The van der Waals surface area contributed by atoms with Gasteiger partial charge < -0.3 is 15.3 Å². The Bertz CT molecular complexity index is 1250. The Morgan fingerprint density at radius 3 is 2.97 bits per heavy atom. The van der Waals surface area contributed by atoms with Crippen molar-refractivity contribution < 1.29 is 9.94 Å². The summed E-state index contributed by atoms with van der Waals surface area (Å²) in [6.45, 7) is 0. The number of hydrogen-bond acceptors (Lipinski definition) is 6. The van der Waals surface area contributed by atoms with Crippen LogP contribution in [0.25, 0.3) is 16.9 Å². The first kappa shape index (κ1) is 17.2. The number of imidazole rings is 1. The topological polar surface area (TPSA) is 84.0 Å². The van der Waals surface area contributed by atoms with E-state index in [2.05, 4.69) is 21.5 Å². The summed E-state index contributed by atoms with van der Waals surface area (Å²) in [5.41, 5.74) is 6.38. The molecule has 2 heterocycles. The normalized spacial score (nSPS) is 14.3. The molecule has 0 amide bonds. The lowest BCUT2D eigenvalue weighted by molar-refractivity contribution is 0.318. The Hall–Kier alpha value is -3.87. The van der Waals surface area contributed by atoms with Gasteiger partial charge in [0.15, 0.2) is 5.65 Å². The van der Waals surface area contributed by atoms with Gasteiger partial charge >= 0.3 is 0 Å². The van der Waals surface area contributed by atoms with Crippen molar-refractivity contribution in [2.24, 2.45) is 5.16 Å². The lowest BCUT2D eigenvalue weighted by Gasteiger charge is -2.11. The summed E-state index contributed by atoms with van der Waals surface area (Å²) in [7, 11) is 1.65. The van der Waals surface area contributed by atoms with E-state index in [0.717, 1.165) is 58.3 Å². The molecular weight excluding hydrogens is 366 g/mol. The number of aryl methyl sites for hydroxylation is 1. The van der Waals surface area contributed by atoms with Gasteiger partial charge in [-0.15, -0.1) is 0 Å². The minimum absolute atomic E-state index is 0.740. The van der Waals surface area contributed by atoms with E-state index in [1.54, 1.807) is 19.5 Å². The number of hydrogen-bond donors (Lipinski definition) is 2. The third kappa shape index (κ3) is 2.97. The van der Waals surface area contributed by atoms with Crippen LogP contribution >= 0.6 is 0 Å². The minimum atomic E-state index is 0.740. The molecule has 2 aromatic heterocycles. The maximum Gasteiger partial charge on any atom is 0.157 e. The van der Waals surface area contributed by atoms with E-state index in [1.165, 1.54) is 5.56 Å². The molecular formula is C22H19N5O2. The van der Waals surface area contributed by atoms with E-state index in [-0.39, 0.29) is 0 Å². The van der Waals surface area contributed by atoms with Crippen LogP contribution in [0.3, 0.4) is 0 Å². The number of benzene rings is 2. The van der Waals surface area contributed by atoms with Crippen LogP contribution in [0.15, 0.2) is 66.2 Å². The average Bonchev–Trinajstić information content (AvgIpc) is 3.35. The Morgan fingerprint density at radius 2 is 2.10 bits per heavy atom. The zero-order valence-electron chi connectivity index (χ0n) is 15.8. The summed E-state index contributed by atoms with van der Waals surface area (Å²) >= 11 is 0. The minimum Gasteiger partial charge on any atom is -0.497 e. The lowest BCUT2D eigenvalue weighted by atomic mass is 10.1. The number of oxime groups is 1. The van der Waals surface area contributed by atoms with Gasteiger partial charge in [-0.3, -0.25) is 9.38 Å². The lowest BCUT2D eigenvalue weighted by Crippen LogP contribution is -1.99. The van der Waals surface area contributed by atoms with Crippen LogP contribution in [0.5, 0.6) is 5.75 Å². The van der Waals surface area contributed by atoms with Gasteiger partial charge in [0.05, 0.1) is 19.0 Å². The van der Waals surface area contributed by atoms with Crippen molar-refractivity contribution in [1.82, 2.24) is 14.4 Å². The van der Waals surface area contributed by atoms with Crippen molar-refractivity contribution in [3.05, 3.63) is 72.2 Å². The zero-order chi connectivity index (χ0) is 19.8. The van der Waals surface area contributed by atoms with Gasteiger partial charge in [0.1, 0.15) is 17.3 Å². The summed E-state index contributed by atoms with van der Waals surface area (Å²) in [4.78, 5) is 8.98. The first-order valence-electron chi connectivity index (χ1n) is 9.34. The number of ether oxygens (including phenoxy) is 1. The summed E-state index contributed by atoms with van der Waals surface area (Å²) in [5, 5.41) is 16.1. The third-order valence-electron chi connectivity index (χ3n) is 5.20. The van der Waals surface area contributed by atoms with Gasteiger partial charge in [-0.1, -0.05) is 23.4 Å². The highest BCUT2D eigenvalue weighted by atomic mass is 16.5. The fourth-order valence-corrected chi connectivity index (χ4v) is 3.79. The highest BCUT2D eigenvalue weighted by Crippen LogP contribution is 2.34. The molecule has 0 bridgehead atoms. The summed E-state index contributed by atoms with van der Waals surface area (Å²) in [5.74, 6) is 1.63. The SMILES string of the molecule is COc1cccc(-c2nc3cnccn3c2Nc2ccc3c(c2)CC/C3=N\O)c1. The van der Waals surface area contributed by atoms with Crippen molar-refractivity contribution in [3.8, 4) is 17.0 Å². The summed E-state index contributed by atoms with van der Waals surface area (Å²) < 4.78 is 7.36. The standard InChI is InChI=1S/C22H19N5O2/c1-29-17-4-2-3-15(12-17)21-22(27-10-9-23-13-20(27)25-21)24-16-6-7-18-14(11-16)5-8-19(18)26-28/h2-4,6-7,9-13,24,28H,5,8H2,1H3/b26-19+. The zero-order valence-corrected chi connectivity index (χ0v) is 15.8. The van der Waals surface area contributed by atoms with E-state index in [4.69, 9.17) is 14.9 Å². The smallest absolute Gasteiger partial charge is 0.157 e. The number of aromatic nitrogens is 3. The Labute approximate surface area is 167 Å². The van der Waals surface area contributed by atoms with Gasteiger partial charge in [-0.2, -0.15) is 0 Å². The Kier molecular flexibility index (Phi) is 4.13. The van der Waals surface area contributed by atoms with Crippen LogP contribution in [0, 0.1) is 0 Å². The first-order valence-corrected chi connectivity index (χ1v) is 9.34. The molecule has 0 fully saturated rings. The number of anilines is 2. The molecule has 1 aliphatic rings. The first-order chi connectivity index (χ1) is 14.3. The molecule has 0 radical (unpaired) electrons. The van der Waals surface area contributed by atoms with Crippen LogP contribution in [-0.2, 0) is 6.42 Å². The van der Waals surface area contributed by atoms with E-state index in [1.807, 2.05) is 47.0 Å². The van der Waals surface area contributed by atoms with Crippen molar-refractivity contribution in [2.45, 2.75) is 12.8 Å². The molecule has 2 aromatic carbocycles. The molecule has 0 saturated heterocycles. The number of methoxy groups -OCH3 is 1. The predicted molar refractivity (Wildman–Crippen MR) is 111 cm³/mol. The van der Waals surface area contributed by atoms with Gasteiger partial charge in [0.2, 0.25) is 0 Å². The molecule has 0 unspecified atom stereocenters. The van der Waals surface area contributed by atoms with Crippen LogP contribution in [0.2, 0.25) is 0 Å². The molecule has 7 heteroatoms. The van der Waals surface area contributed by atoms with Crippen molar-refractivity contribution in [3.63, 3.8) is 0 Å². The number of nitrogens with zero attached hydrogens (tertiary/aromatic N) is 4. The van der Waals surface area contributed by atoms with Crippen LogP contribution < -0.4 is 10.1 Å². The fourth-order valence-electron chi connectivity index (χ4n) is 3.79. The van der Waals surface area contributed by atoms with Crippen LogP contribution in [0.1, 0.15) is 17.5 Å². The largest absolute Gasteiger partial charge is 0.497 e.